The highest BCUT2D eigenvalue weighted by molar-refractivity contribution is 6.42. The van der Waals surface area contributed by atoms with Crippen molar-refractivity contribution >= 4 is 46.5 Å². The normalized spacial score (nSPS) is 10.7. The molecule has 2 aromatic rings. The molecule has 0 aliphatic heterocycles. The zero-order valence-electron chi connectivity index (χ0n) is 19.0. The van der Waals surface area contributed by atoms with E-state index in [1.165, 1.54) is 54.8 Å². The zero-order chi connectivity index (χ0) is 24.1. The van der Waals surface area contributed by atoms with Gasteiger partial charge in [0.25, 0.3) is 0 Å². The van der Waals surface area contributed by atoms with Crippen LogP contribution in [-0.2, 0) is 4.79 Å². The molecule has 0 radical (unpaired) electrons. The number of amides is 3. The van der Waals surface area contributed by atoms with Gasteiger partial charge in [-0.25, -0.2) is 9.18 Å². The van der Waals surface area contributed by atoms with E-state index in [-0.39, 0.29) is 19.0 Å². The standard InChI is InChI=1S/C25H32Cl2FN3O2/c1-2-3-4-5-6-7-8-9-24(32)29-16-17-31(21-13-10-19(28)11-14-21)25(33)30-20-12-15-22(26)23(27)18-20/h10-15,18H,2-9,16-17H2,1H3,(H,29,32)(H,30,33). The molecule has 0 spiro atoms. The van der Waals surface area contributed by atoms with Gasteiger partial charge in [-0.3, -0.25) is 9.69 Å². The van der Waals surface area contributed by atoms with E-state index in [0.29, 0.717) is 27.8 Å². The number of benzene rings is 2. The number of hydrogen-bond donors (Lipinski definition) is 2. The van der Waals surface area contributed by atoms with E-state index in [1.807, 2.05) is 0 Å². The fourth-order valence-electron chi connectivity index (χ4n) is 3.37. The molecule has 8 heteroatoms. The molecule has 0 atom stereocenters. The molecule has 0 bridgehead atoms. The van der Waals surface area contributed by atoms with Crippen LogP contribution >= 0.6 is 23.2 Å². The topological polar surface area (TPSA) is 61.4 Å². The summed E-state index contributed by atoms with van der Waals surface area (Å²) in [6.45, 7) is 2.70. The van der Waals surface area contributed by atoms with Crippen LogP contribution in [0.4, 0.5) is 20.6 Å². The highest BCUT2D eigenvalue weighted by Crippen LogP contribution is 2.25. The molecule has 0 unspecified atom stereocenters. The van der Waals surface area contributed by atoms with E-state index in [2.05, 4.69) is 17.6 Å². The van der Waals surface area contributed by atoms with E-state index in [1.54, 1.807) is 18.2 Å². The van der Waals surface area contributed by atoms with Crippen molar-refractivity contribution in [2.45, 2.75) is 58.3 Å². The van der Waals surface area contributed by atoms with E-state index < -0.39 is 11.8 Å². The van der Waals surface area contributed by atoms with Gasteiger partial charge in [0.15, 0.2) is 0 Å². The third kappa shape index (κ3) is 10.0. The lowest BCUT2D eigenvalue weighted by Crippen LogP contribution is -2.41. The molecule has 180 valence electrons. The molecule has 2 rings (SSSR count). The summed E-state index contributed by atoms with van der Waals surface area (Å²) in [6.07, 6.45) is 8.50. The summed E-state index contributed by atoms with van der Waals surface area (Å²) in [5, 5.41) is 6.33. The molecule has 0 fully saturated rings. The number of anilines is 2. The smallest absolute Gasteiger partial charge is 0.326 e. The van der Waals surface area contributed by atoms with Crippen LogP contribution in [0, 0.1) is 5.82 Å². The highest BCUT2D eigenvalue weighted by atomic mass is 35.5. The maximum Gasteiger partial charge on any atom is 0.326 e. The number of urea groups is 1. The van der Waals surface area contributed by atoms with Crippen LogP contribution in [0.3, 0.4) is 0 Å². The van der Waals surface area contributed by atoms with Crippen molar-refractivity contribution in [3.8, 4) is 0 Å². The lowest BCUT2D eigenvalue weighted by atomic mass is 10.1. The second kappa shape index (κ2) is 14.8. The summed E-state index contributed by atoms with van der Waals surface area (Å²) < 4.78 is 13.4. The van der Waals surface area contributed by atoms with Gasteiger partial charge in [0, 0.05) is 30.9 Å². The maximum absolute atomic E-state index is 13.4. The number of unbranched alkanes of at least 4 members (excludes halogenated alkanes) is 6. The fourth-order valence-corrected chi connectivity index (χ4v) is 3.67. The Balaban J connectivity index is 1.87. The van der Waals surface area contributed by atoms with Crippen LogP contribution in [0.2, 0.25) is 10.0 Å². The molecular weight excluding hydrogens is 464 g/mol. The van der Waals surface area contributed by atoms with Gasteiger partial charge in [-0.2, -0.15) is 0 Å². The summed E-state index contributed by atoms with van der Waals surface area (Å²) in [5.74, 6) is -0.431. The molecule has 33 heavy (non-hydrogen) atoms. The van der Waals surface area contributed by atoms with E-state index in [0.717, 1.165) is 19.3 Å². The molecule has 0 aliphatic carbocycles. The number of hydrogen-bond acceptors (Lipinski definition) is 2. The number of carbonyl (C=O) groups excluding carboxylic acids is 2. The highest BCUT2D eigenvalue weighted by Gasteiger charge is 2.17. The Hall–Kier alpha value is -2.31. The van der Waals surface area contributed by atoms with Crippen LogP contribution in [-0.4, -0.2) is 25.0 Å². The number of nitrogens with one attached hydrogen (secondary N) is 2. The fraction of sp³-hybridized carbons (Fsp3) is 0.440. The average Bonchev–Trinajstić information content (AvgIpc) is 2.79. The quantitative estimate of drug-likeness (QED) is 0.283. The molecular formula is C25H32Cl2FN3O2. The second-order valence-electron chi connectivity index (χ2n) is 7.91. The van der Waals surface area contributed by atoms with Crippen molar-refractivity contribution in [3.05, 3.63) is 58.3 Å². The first kappa shape index (κ1) is 26.9. The minimum atomic E-state index is -0.429. The van der Waals surface area contributed by atoms with Crippen LogP contribution in [0.25, 0.3) is 0 Å². The van der Waals surface area contributed by atoms with Crippen LogP contribution < -0.4 is 15.5 Å². The van der Waals surface area contributed by atoms with Crippen molar-refractivity contribution in [3.63, 3.8) is 0 Å². The summed E-state index contributed by atoms with van der Waals surface area (Å²) in [7, 11) is 0. The predicted molar refractivity (Wildman–Crippen MR) is 135 cm³/mol. The Kier molecular flexibility index (Phi) is 12.0. The van der Waals surface area contributed by atoms with Crippen molar-refractivity contribution in [1.82, 2.24) is 5.32 Å². The third-order valence-electron chi connectivity index (χ3n) is 5.22. The first-order chi connectivity index (χ1) is 15.9. The monoisotopic (exact) mass is 495 g/mol. The van der Waals surface area contributed by atoms with Crippen LogP contribution in [0.1, 0.15) is 58.3 Å². The van der Waals surface area contributed by atoms with Crippen molar-refractivity contribution in [2.24, 2.45) is 0 Å². The molecule has 0 saturated carbocycles. The Morgan fingerprint density at radius 3 is 2.24 bits per heavy atom. The molecule has 2 aromatic carbocycles. The number of nitrogens with zero attached hydrogens (tertiary/aromatic N) is 1. The SMILES string of the molecule is CCCCCCCCCC(=O)NCCN(C(=O)Nc1ccc(Cl)c(Cl)c1)c1ccc(F)cc1. The average molecular weight is 496 g/mol. The molecule has 0 heterocycles. The minimum Gasteiger partial charge on any atom is -0.354 e. The van der Waals surface area contributed by atoms with Crippen molar-refractivity contribution < 1.29 is 14.0 Å². The third-order valence-corrected chi connectivity index (χ3v) is 5.96. The molecule has 3 amide bonds. The van der Waals surface area contributed by atoms with Gasteiger partial charge in [-0.05, 0) is 48.9 Å². The molecule has 2 N–H and O–H groups in total. The summed E-state index contributed by atoms with van der Waals surface area (Å²) in [4.78, 5) is 26.5. The second-order valence-corrected chi connectivity index (χ2v) is 8.72. The number of rotatable bonds is 13. The van der Waals surface area contributed by atoms with Gasteiger partial charge < -0.3 is 10.6 Å². The van der Waals surface area contributed by atoms with Crippen molar-refractivity contribution in [2.75, 3.05) is 23.3 Å². The molecule has 5 nitrogen and oxygen atoms in total. The Bertz CT molecular complexity index is 894. The van der Waals surface area contributed by atoms with E-state index in [4.69, 9.17) is 23.2 Å². The van der Waals surface area contributed by atoms with Gasteiger partial charge in [-0.15, -0.1) is 0 Å². The van der Waals surface area contributed by atoms with E-state index >= 15 is 0 Å². The van der Waals surface area contributed by atoms with Gasteiger partial charge in [0.05, 0.1) is 10.0 Å². The van der Waals surface area contributed by atoms with Gasteiger partial charge >= 0.3 is 6.03 Å². The Morgan fingerprint density at radius 1 is 0.909 bits per heavy atom. The largest absolute Gasteiger partial charge is 0.354 e. The summed E-state index contributed by atoms with van der Waals surface area (Å²) in [6, 6.07) is 9.95. The van der Waals surface area contributed by atoms with Crippen LogP contribution in [0.15, 0.2) is 42.5 Å². The van der Waals surface area contributed by atoms with E-state index in [9.17, 15) is 14.0 Å². The molecule has 0 aromatic heterocycles. The summed E-state index contributed by atoms with van der Waals surface area (Å²) >= 11 is 12.0. The van der Waals surface area contributed by atoms with Gasteiger partial charge in [-0.1, -0.05) is 68.7 Å². The zero-order valence-corrected chi connectivity index (χ0v) is 20.5. The summed E-state index contributed by atoms with van der Waals surface area (Å²) in [5.41, 5.74) is 0.986. The maximum atomic E-state index is 13.4. The van der Waals surface area contributed by atoms with Crippen LogP contribution in [0.5, 0.6) is 0 Å². The van der Waals surface area contributed by atoms with Gasteiger partial charge in [0.2, 0.25) is 5.91 Å². The molecule has 0 aliphatic rings. The Morgan fingerprint density at radius 2 is 1.58 bits per heavy atom. The van der Waals surface area contributed by atoms with Crippen molar-refractivity contribution in [1.29, 1.82) is 0 Å². The predicted octanol–water partition coefficient (Wildman–Crippen LogP) is 7.43. The van der Waals surface area contributed by atoms with Gasteiger partial charge in [0.1, 0.15) is 5.82 Å². The number of carbonyl (C=O) groups is 2. The lowest BCUT2D eigenvalue weighted by Gasteiger charge is -2.23. The first-order valence-corrected chi connectivity index (χ1v) is 12.2. The number of halogens is 3. The Labute approximate surface area is 205 Å². The lowest BCUT2D eigenvalue weighted by molar-refractivity contribution is -0.121. The molecule has 0 saturated heterocycles. The first-order valence-electron chi connectivity index (χ1n) is 11.5. The minimum absolute atomic E-state index is 0.0347.